The van der Waals surface area contributed by atoms with Gasteiger partial charge in [-0.15, -0.1) is 5.10 Å². The van der Waals surface area contributed by atoms with Crippen molar-refractivity contribution in [3.8, 4) is 11.1 Å². The monoisotopic (exact) mass is 316 g/mol. The summed E-state index contributed by atoms with van der Waals surface area (Å²) < 4.78 is 13.8. The van der Waals surface area contributed by atoms with Crippen LogP contribution in [-0.2, 0) is 0 Å². The van der Waals surface area contributed by atoms with Crippen molar-refractivity contribution in [3.63, 3.8) is 0 Å². The van der Waals surface area contributed by atoms with E-state index in [0.29, 0.717) is 23.4 Å². The Morgan fingerprint density at radius 1 is 1.17 bits per heavy atom. The number of halogens is 1. The molecule has 0 aliphatic carbocycles. The molecule has 0 aliphatic heterocycles. The first kappa shape index (κ1) is 16.9. The van der Waals surface area contributed by atoms with Gasteiger partial charge in [0.15, 0.2) is 5.84 Å². The van der Waals surface area contributed by atoms with Crippen LogP contribution in [0.15, 0.2) is 47.7 Å². The molecule has 0 fully saturated rings. The average Bonchev–Trinajstić information content (AvgIpc) is 2.53. The summed E-state index contributed by atoms with van der Waals surface area (Å²) in [6, 6.07) is 9.99. The van der Waals surface area contributed by atoms with Gasteiger partial charge in [0.2, 0.25) is 0 Å². The van der Waals surface area contributed by atoms with Crippen LogP contribution in [0, 0.1) is 5.82 Å². The minimum atomic E-state index is -0.291. The molecule has 0 unspecified atom stereocenters. The highest BCUT2D eigenvalue weighted by molar-refractivity contribution is 5.95. The standard InChI is InChI=1S/C16H21FN6/c1-22(2)9-10-23(19)21-16(18)15-8-7-12(11-20-15)13-5-3-4-6-14(13)17/h3-8,11H,9-10,19H2,1-2H3,(H2,18,21). The molecular weight excluding hydrogens is 295 g/mol. The predicted molar refractivity (Wildman–Crippen MR) is 89.8 cm³/mol. The Morgan fingerprint density at radius 3 is 2.52 bits per heavy atom. The second-order valence-electron chi connectivity index (χ2n) is 5.36. The lowest BCUT2D eigenvalue weighted by Crippen LogP contribution is -2.35. The Morgan fingerprint density at radius 2 is 1.91 bits per heavy atom. The molecule has 23 heavy (non-hydrogen) atoms. The quantitative estimate of drug-likeness (QED) is 0.363. The molecule has 0 bridgehead atoms. The van der Waals surface area contributed by atoms with Gasteiger partial charge in [0.25, 0.3) is 0 Å². The van der Waals surface area contributed by atoms with Crippen LogP contribution in [0.4, 0.5) is 4.39 Å². The van der Waals surface area contributed by atoms with Crippen molar-refractivity contribution in [2.45, 2.75) is 0 Å². The van der Waals surface area contributed by atoms with Crippen LogP contribution < -0.4 is 11.6 Å². The van der Waals surface area contributed by atoms with Crippen LogP contribution in [0.25, 0.3) is 11.1 Å². The highest BCUT2D eigenvalue weighted by atomic mass is 19.1. The average molecular weight is 316 g/mol. The van der Waals surface area contributed by atoms with Gasteiger partial charge in [-0.1, -0.05) is 24.3 Å². The third kappa shape index (κ3) is 4.73. The Bertz CT molecular complexity index is 669. The molecular formula is C16H21FN6. The number of benzene rings is 1. The molecule has 0 radical (unpaired) electrons. The molecule has 7 heteroatoms. The zero-order valence-corrected chi connectivity index (χ0v) is 13.3. The van der Waals surface area contributed by atoms with E-state index in [1.54, 1.807) is 36.5 Å². The molecule has 6 nitrogen and oxygen atoms in total. The fraction of sp³-hybridized carbons (Fsp3) is 0.250. The predicted octanol–water partition coefficient (Wildman–Crippen LogP) is 1.25. The topological polar surface area (TPSA) is 83.8 Å². The number of hydrazine groups is 1. The molecule has 0 spiro atoms. The second-order valence-corrected chi connectivity index (χ2v) is 5.36. The van der Waals surface area contributed by atoms with Crippen LogP contribution in [0.3, 0.4) is 0 Å². The van der Waals surface area contributed by atoms with Crippen molar-refractivity contribution >= 4 is 5.84 Å². The summed E-state index contributed by atoms with van der Waals surface area (Å²) in [6.07, 6.45) is 1.57. The highest BCUT2D eigenvalue weighted by Crippen LogP contribution is 2.21. The third-order valence-corrected chi connectivity index (χ3v) is 3.22. The van der Waals surface area contributed by atoms with E-state index >= 15 is 0 Å². The number of hydrazone groups is 1. The Balaban J connectivity index is 2.11. The maximum absolute atomic E-state index is 13.8. The fourth-order valence-electron chi connectivity index (χ4n) is 1.94. The van der Waals surface area contributed by atoms with E-state index in [1.165, 1.54) is 11.2 Å². The molecule has 0 saturated heterocycles. The number of likely N-dealkylation sites (N-methyl/N-ethyl adjacent to an activating group) is 1. The summed E-state index contributed by atoms with van der Waals surface area (Å²) in [5, 5.41) is 5.36. The number of nitrogens with zero attached hydrogens (tertiary/aromatic N) is 4. The summed E-state index contributed by atoms with van der Waals surface area (Å²) in [4.78, 5) is 6.22. The van der Waals surface area contributed by atoms with E-state index in [4.69, 9.17) is 11.6 Å². The van der Waals surface area contributed by atoms with Crippen molar-refractivity contribution in [2.75, 3.05) is 27.2 Å². The zero-order chi connectivity index (χ0) is 16.8. The van der Waals surface area contributed by atoms with Crippen LogP contribution in [0.1, 0.15) is 5.69 Å². The van der Waals surface area contributed by atoms with Crippen molar-refractivity contribution in [1.29, 1.82) is 0 Å². The Kier molecular flexibility index (Phi) is 5.61. The molecule has 0 aliphatic rings. The number of pyridine rings is 1. The molecule has 0 saturated carbocycles. The van der Waals surface area contributed by atoms with E-state index in [9.17, 15) is 4.39 Å². The van der Waals surface area contributed by atoms with Gasteiger partial charge in [-0.05, 0) is 26.2 Å². The number of aromatic nitrogens is 1. The summed E-state index contributed by atoms with van der Waals surface area (Å²) in [6.45, 7) is 1.30. The summed E-state index contributed by atoms with van der Waals surface area (Å²) in [5.74, 6) is 5.69. The number of nitrogens with two attached hydrogens (primary N) is 2. The second kappa shape index (κ2) is 7.66. The maximum Gasteiger partial charge on any atom is 0.171 e. The molecule has 0 amide bonds. The molecule has 4 N–H and O–H groups in total. The lowest BCUT2D eigenvalue weighted by molar-refractivity contribution is 0.256. The van der Waals surface area contributed by atoms with Crippen molar-refractivity contribution in [2.24, 2.45) is 16.7 Å². The normalized spacial score (nSPS) is 11.8. The highest BCUT2D eigenvalue weighted by Gasteiger charge is 2.07. The van der Waals surface area contributed by atoms with Crippen LogP contribution in [0.2, 0.25) is 0 Å². The molecule has 2 aromatic rings. The summed E-state index contributed by atoms with van der Waals surface area (Å²) in [7, 11) is 3.90. The molecule has 2 rings (SSSR count). The lowest BCUT2D eigenvalue weighted by atomic mass is 10.1. The van der Waals surface area contributed by atoms with Crippen molar-refractivity contribution in [3.05, 3.63) is 54.1 Å². The molecule has 1 aromatic carbocycles. The zero-order valence-electron chi connectivity index (χ0n) is 13.3. The van der Waals surface area contributed by atoms with E-state index in [-0.39, 0.29) is 11.7 Å². The van der Waals surface area contributed by atoms with E-state index in [2.05, 4.69) is 10.1 Å². The van der Waals surface area contributed by atoms with E-state index < -0.39 is 0 Å². The van der Waals surface area contributed by atoms with E-state index in [1.807, 2.05) is 19.0 Å². The minimum absolute atomic E-state index is 0.214. The van der Waals surface area contributed by atoms with Gasteiger partial charge in [-0.3, -0.25) is 4.98 Å². The minimum Gasteiger partial charge on any atom is -0.380 e. The number of rotatable bonds is 6. The van der Waals surface area contributed by atoms with Crippen molar-refractivity contribution in [1.82, 2.24) is 15.0 Å². The van der Waals surface area contributed by atoms with Crippen LogP contribution in [-0.4, -0.2) is 48.0 Å². The van der Waals surface area contributed by atoms with Crippen LogP contribution in [0.5, 0.6) is 0 Å². The Hall–Kier alpha value is -2.51. The largest absolute Gasteiger partial charge is 0.380 e. The third-order valence-electron chi connectivity index (χ3n) is 3.22. The van der Waals surface area contributed by atoms with E-state index in [0.717, 1.165) is 6.54 Å². The maximum atomic E-state index is 13.8. The number of hydrogen-bond donors (Lipinski definition) is 2. The molecule has 122 valence electrons. The first-order chi connectivity index (χ1) is 11.0. The number of hydrogen-bond acceptors (Lipinski definition) is 5. The van der Waals surface area contributed by atoms with Gasteiger partial charge >= 0.3 is 0 Å². The van der Waals surface area contributed by atoms with Gasteiger partial charge in [-0.2, -0.15) is 0 Å². The van der Waals surface area contributed by atoms with Gasteiger partial charge in [-0.25, -0.2) is 15.4 Å². The van der Waals surface area contributed by atoms with Crippen molar-refractivity contribution < 1.29 is 4.39 Å². The SMILES string of the molecule is CN(C)CCN(N)/N=C(\N)c1ccc(-c2ccccc2F)cn1. The number of amidine groups is 1. The van der Waals surface area contributed by atoms with Gasteiger partial charge in [0.05, 0.1) is 6.54 Å². The van der Waals surface area contributed by atoms with Crippen LogP contribution >= 0.6 is 0 Å². The first-order valence-corrected chi connectivity index (χ1v) is 7.19. The molecule has 1 heterocycles. The molecule has 1 aromatic heterocycles. The summed E-state index contributed by atoms with van der Waals surface area (Å²) in [5.41, 5.74) is 7.56. The Labute approximate surface area is 135 Å². The smallest absolute Gasteiger partial charge is 0.171 e. The molecule has 0 atom stereocenters. The lowest BCUT2D eigenvalue weighted by Gasteiger charge is -2.16. The summed E-state index contributed by atoms with van der Waals surface area (Å²) >= 11 is 0. The fourth-order valence-corrected chi connectivity index (χ4v) is 1.94. The van der Waals surface area contributed by atoms with Gasteiger partial charge < -0.3 is 10.6 Å². The first-order valence-electron chi connectivity index (χ1n) is 7.19. The van der Waals surface area contributed by atoms with Gasteiger partial charge in [0.1, 0.15) is 11.5 Å². The van der Waals surface area contributed by atoms with Gasteiger partial charge in [0, 0.05) is 23.9 Å².